The van der Waals surface area contributed by atoms with E-state index < -0.39 is 28.0 Å². The lowest BCUT2D eigenvalue weighted by Gasteiger charge is -2.16. The molecule has 1 rings (SSSR count). The smallest absolute Gasteiger partial charge is 0.326 e. The van der Waals surface area contributed by atoms with Gasteiger partial charge in [-0.2, -0.15) is 8.42 Å². The standard InChI is InChI=1S/C12H16N2O6S/c1-7-2-3-8(6-10(7)21(18,19)20)14-9(12(16)17)4-5-11(13)15/h2-3,6,9,14H,4-5H2,1H3,(H2,13,15)(H,16,17)(H,18,19,20)/t9-/m0/s1. The summed E-state index contributed by atoms with van der Waals surface area (Å²) in [5.41, 5.74) is 5.49. The molecule has 1 aromatic rings. The maximum atomic E-state index is 11.2. The van der Waals surface area contributed by atoms with Crippen LogP contribution in [-0.2, 0) is 19.7 Å². The summed E-state index contributed by atoms with van der Waals surface area (Å²) in [7, 11) is -4.40. The highest BCUT2D eigenvalue weighted by molar-refractivity contribution is 7.85. The summed E-state index contributed by atoms with van der Waals surface area (Å²) in [6.45, 7) is 1.49. The van der Waals surface area contributed by atoms with Crippen molar-refractivity contribution in [1.29, 1.82) is 0 Å². The summed E-state index contributed by atoms with van der Waals surface area (Å²) < 4.78 is 31.5. The van der Waals surface area contributed by atoms with Crippen LogP contribution in [0.1, 0.15) is 18.4 Å². The lowest BCUT2D eigenvalue weighted by Crippen LogP contribution is -2.30. The zero-order valence-electron chi connectivity index (χ0n) is 11.2. The number of carboxylic acid groups (broad SMARTS) is 1. The number of rotatable bonds is 7. The first-order valence-electron chi connectivity index (χ1n) is 5.97. The van der Waals surface area contributed by atoms with Gasteiger partial charge in [-0.05, 0) is 31.0 Å². The Balaban J connectivity index is 3.00. The topological polar surface area (TPSA) is 147 Å². The molecule has 116 valence electrons. The number of nitrogens with one attached hydrogen (secondary N) is 1. The van der Waals surface area contributed by atoms with E-state index in [9.17, 15) is 18.0 Å². The van der Waals surface area contributed by atoms with Crippen LogP contribution in [0.2, 0.25) is 0 Å². The molecule has 0 spiro atoms. The normalized spacial score (nSPS) is 12.7. The number of aliphatic carboxylic acids is 1. The Morgan fingerprint density at radius 3 is 2.48 bits per heavy atom. The molecule has 1 atom stereocenters. The van der Waals surface area contributed by atoms with E-state index >= 15 is 0 Å². The summed E-state index contributed by atoms with van der Waals surface area (Å²) >= 11 is 0. The number of carbonyl (C=O) groups excluding carboxylic acids is 1. The van der Waals surface area contributed by atoms with Gasteiger partial charge < -0.3 is 16.2 Å². The summed E-state index contributed by atoms with van der Waals surface area (Å²) in [5, 5.41) is 11.6. The second-order valence-electron chi connectivity index (χ2n) is 4.50. The number of hydrogen-bond acceptors (Lipinski definition) is 5. The van der Waals surface area contributed by atoms with Crippen LogP contribution in [0.4, 0.5) is 5.69 Å². The van der Waals surface area contributed by atoms with E-state index in [1.165, 1.54) is 19.1 Å². The summed E-state index contributed by atoms with van der Waals surface area (Å²) in [5.74, 6) is -1.84. The van der Waals surface area contributed by atoms with Crippen LogP contribution in [0.25, 0.3) is 0 Å². The molecule has 1 aromatic carbocycles. The van der Waals surface area contributed by atoms with E-state index in [1.807, 2.05) is 0 Å². The minimum absolute atomic E-state index is 0.0419. The van der Waals surface area contributed by atoms with Gasteiger partial charge in [0.05, 0.1) is 4.90 Å². The number of hydrogen-bond donors (Lipinski definition) is 4. The molecule has 0 saturated carbocycles. The van der Waals surface area contributed by atoms with Crippen LogP contribution in [-0.4, -0.2) is 36.0 Å². The van der Waals surface area contributed by atoms with E-state index in [0.717, 1.165) is 6.07 Å². The Kier molecular flexibility index (Phi) is 5.28. The van der Waals surface area contributed by atoms with E-state index in [0.29, 0.717) is 5.56 Å². The van der Waals surface area contributed by atoms with E-state index in [4.69, 9.17) is 15.4 Å². The fraction of sp³-hybridized carbons (Fsp3) is 0.333. The average Bonchev–Trinajstić information content (AvgIpc) is 2.34. The third-order valence-electron chi connectivity index (χ3n) is 2.78. The van der Waals surface area contributed by atoms with Crippen molar-refractivity contribution in [3.05, 3.63) is 23.8 Å². The van der Waals surface area contributed by atoms with Crippen molar-refractivity contribution < 1.29 is 27.7 Å². The van der Waals surface area contributed by atoms with E-state index in [-0.39, 0.29) is 23.4 Å². The maximum Gasteiger partial charge on any atom is 0.326 e. The SMILES string of the molecule is Cc1ccc(N[C@@H](CCC(N)=O)C(=O)O)cc1S(=O)(=O)O. The van der Waals surface area contributed by atoms with Crippen LogP contribution in [0.15, 0.2) is 23.1 Å². The maximum absolute atomic E-state index is 11.2. The molecule has 0 aliphatic carbocycles. The van der Waals surface area contributed by atoms with Crippen molar-refractivity contribution in [2.24, 2.45) is 5.73 Å². The molecule has 0 bridgehead atoms. The second kappa shape index (κ2) is 6.55. The number of aryl methyl sites for hydroxylation is 1. The predicted molar refractivity (Wildman–Crippen MR) is 74.5 cm³/mol. The second-order valence-corrected chi connectivity index (χ2v) is 5.89. The molecule has 0 heterocycles. The number of nitrogens with two attached hydrogens (primary N) is 1. The molecule has 9 heteroatoms. The van der Waals surface area contributed by atoms with Crippen LogP contribution in [0.5, 0.6) is 0 Å². The quantitative estimate of drug-likeness (QED) is 0.531. The molecule has 1 amide bonds. The Morgan fingerprint density at radius 2 is 2.00 bits per heavy atom. The van der Waals surface area contributed by atoms with Crippen LogP contribution in [0.3, 0.4) is 0 Å². The molecule has 0 radical (unpaired) electrons. The van der Waals surface area contributed by atoms with Gasteiger partial charge in [-0.3, -0.25) is 9.35 Å². The molecule has 0 fully saturated rings. The first-order valence-corrected chi connectivity index (χ1v) is 7.41. The first-order chi connectivity index (χ1) is 9.61. The molecule has 0 unspecified atom stereocenters. The lowest BCUT2D eigenvalue weighted by molar-refractivity contribution is -0.138. The molecule has 5 N–H and O–H groups in total. The molecular formula is C12H16N2O6S. The highest BCUT2D eigenvalue weighted by Crippen LogP contribution is 2.21. The summed E-state index contributed by atoms with van der Waals surface area (Å²) in [6, 6.07) is 2.93. The molecule has 0 aliphatic heterocycles. The summed E-state index contributed by atoms with van der Waals surface area (Å²) in [6.07, 6.45) is -0.166. The predicted octanol–water partition coefficient (Wildman–Crippen LogP) is 0.372. The van der Waals surface area contributed by atoms with Gasteiger partial charge in [-0.1, -0.05) is 6.07 Å². The van der Waals surface area contributed by atoms with Crippen molar-refractivity contribution in [2.75, 3.05) is 5.32 Å². The van der Waals surface area contributed by atoms with Gasteiger partial charge in [0.1, 0.15) is 6.04 Å². The molecular weight excluding hydrogens is 300 g/mol. The first kappa shape index (κ1) is 16.9. The number of primary amides is 1. The zero-order valence-corrected chi connectivity index (χ0v) is 12.1. The fourth-order valence-corrected chi connectivity index (χ4v) is 2.46. The van der Waals surface area contributed by atoms with Crippen molar-refractivity contribution in [3.63, 3.8) is 0 Å². The highest BCUT2D eigenvalue weighted by Gasteiger charge is 2.20. The Morgan fingerprint density at radius 1 is 1.38 bits per heavy atom. The molecule has 21 heavy (non-hydrogen) atoms. The summed E-state index contributed by atoms with van der Waals surface area (Å²) in [4.78, 5) is 21.5. The largest absolute Gasteiger partial charge is 0.480 e. The van der Waals surface area contributed by atoms with Gasteiger partial charge in [-0.15, -0.1) is 0 Å². The monoisotopic (exact) mass is 316 g/mol. The minimum Gasteiger partial charge on any atom is -0.480 e. The number of carboxylic acids is 1. The Hall–Kier alpha value is -2.13. The van der Waals surface area contributed by atoms with Gasteiger partial charge in [0.2, 0.25) is 5.91 Å². The van der Waals surface area contributed by atoms with Gasteiger partial charge in [-0.25, -0.2) is 4.79 Å². The zero-order chi connectivity index (χ0) is 16.2. The van der Waals surface area contributed by atoms with Crippen LogP contribution >= 0.6 is 0 Å². The van der Waals surface area contributed by atoms with Crippen molar-refractivity contribution in [2.45, 2.75) is 30.7 Å². The van der Waals surface area contributed by atoms with Gasteiger partial charge in [0.15, 0.2) is 0 Å². The van der Waals surface area contributed by atoms with Crippen LogP contribution in [0, 0.1) is 6.92 Å². The molecule has 0 aliphatic rings. The molecule has 8 nitrogen and oxygen atoms in total. The van der Waals surface area contributed by atoms with Gasteiger partial charge in [0, 0.05) is 12.1 Å². The van der Waals surface area contributed by atoms with Gasteiger partial charge in [0.25, 0.3) is 10.1 Å². The van der Waals surface area contributed by atoms with E-state index in [1.54, 1.807) is 0 Å². The Labute approximate surface area is 121 Å². The molecule has 0 saturated heterocycles. The van der Waals surface area contributed by atoms with E-state index in [2.05, 4.69) is 5.32 Å². The van der Waals surface area contributed by atoms with Crippen molar-refractivity contribution in [1.82, 2.24) is 0 Å². The van der Waals surface area contributed by atoms with Crippen molar-refractivity contribution in [3.8, 4) is 0 Å². The minimum atomic E-state index is -4.40. The number of carbonyl (C=O) groups is 2. The highest BCUT2D eigenvalue weighted by atomic mass is 32.2. The number of anilines is 1. The third-order valence-corrected chi connectivity index (χ3v) is 3.78. The van der Waals surface area contributed by atoms with Gasteiger partial charge >= 0.3 is 5.97 Å². The fourth-order valence-electron chi connectivity index (χ4n) is 1.71. The lowest BCUT2D eigenvalue weighted by atomic mass is 10.1. The van der Waals surface area contributed by atoms with Crippen LogP contribution < -0.4 is 11.1 Å². The number of amides is 1. The number of benzene rings is 1. The van der Waals surface area contributed by atoms with Crippen molar-refractivity contribution >= 4 is 27.7 Å². The molecule has 0 aromatic heterocycles. The third kappa shape index (κ3) is 5.04. The average molecular weight is 316 g/mol. The Bertz CT molecular complexity index is 656.